The fourth-order valence-electron chi connectivity index (χ4n) is 1.93. The summed E-state index contributed by atoms with van der Waals surface area (Å²) in [7, 11) is 3.16. The van der Waals surface area contributed by atoms with Gasteiger partial charge in [-0.15, -0.1) is 0 Å². The maximum Gasteiger partial charge on any atom is 0.244 e. The summed E-state index contributed by atoms with van der Waals surface area (Å²) in [4.78, 5) is 11.9. The minimum absolute atomic E-state index is 0.184. The van der Waals surface area contributed by atoms with Crippen LogP contribution in [0.2, 0.25) is 0 Å². The van der Waals surface area contributed by atoms with Crippen LogP contribution in [0.3, 0.4) is 0 Å². The van der Waals surface area contributed by atoms with Crippen molar-refractivity contribution in [2.75, 3.05) is 14.2 Å². The second-order valence-corrected chi connectivity index (χ2v) is 5.62. The molecule has 23 heavy (non-hydrogen) atoms. The lowest BCUT2D eigenvalue weighted by atomic mass is 10.1. The third-order valence-corrected chi connectivity index (χ3v) is 3.64. The lowest BCUT2D eigenvalue weighted by Gasteiger charge is -2.07. The molecule has 0 spiro atoms. The first-order valence-electron chi connectivity index (χ1n) is 6.90. The number of rotatable bonds is 6. The molecule has 0 unspecified atom stereocenters. The van der Waals surface area contributed by atoms with Crippen LogP contribution in [0.4, 0.5) is 0 Å². The predicted molar refractivity (Wildman–Crippen MR) is 93.1 cm³/mol. The Hall–Kier alpha value is -2.34. The van der Waals surface area contributed by atoms with Crippen LogP contribution in [0.15, 0.2) is 52.0 Å². The molecule has 120 valence electrons. The van der Waals surface area contributed by atoms with E-state index in [-0.39, 0.29) is 12.3 Å². The van der Waals surface area contributed by atoms with Gasteiger partial charge in [0.05, 0.1) is 26.9 Å². The first-order valence-corrected chi connectivity index (χ1v) is 7.70. The maximum absolute atomic E-state index is 11.9. The fraction of sp³-hybridized carbons (Fsp3) is 0.176. The number of carbonyl (C=O) groups excluding carboxylic acids is 1. The summed E-state index contributed by atoms with van der Waals surface area (Å²) in [5.74, 6) is 1.13. The van der Waals surface area contributed by atoms with Gasteiger partial charge >= 0.3 is 0 Å². The summed E-state index contributed by atoms with van der Waals surface area (Å²) >= 11 is 3.36. The van der Waals surface area contributed by atoms with E-state index in [1.807, 2.05) is 30.3 Å². The zero-order valence-corrected chi connectivity index (χ0v) is 14.5. The first-order chi connectivity index (χ1) is 11.1. The smallest absolute Gasteiger partial charge is 0.244 e. The highest BCUT2D eigenvalue weighted by Crippen LogP contribution is 2.22. The molecule has 0 aromatic heterocycles. The van der Waals surface area contributed by atoms with E-state index in [0.29, 0.717) is 11.5 Å². The number of hydrazone groups is 1. The molecule has 0 aliphatic heterocycles. The third-order valence-electron chi connectivity index (χ3n) is 3.11. The largest absolute Gasteiger partial charge is 0.497 e. The Bertz CT molecular complexity index is 699. The lowest BCUT2D eigenvalue weighted by molar-refractivity contribution is -0.120. The van der Waals surface area contributed by atoms with Gasteiger partial charge in [0.15, 0.2) is 0 Å². The van der Waals surface area contributed by atoms with E-state index in [4.69, 9.17) is 9.47 Å². The number of halogens is 1. The molecule has 0 bridgehead atoms. The quantitative estimate of drug-likeness (QED) is 0.622. The number of nitrogens with zero attached hydrogens (tertiary/aromatic N) is 1. The molecule has 1 N–H and O–H groups in total. The molecule has 0 saturated heterocycles. The van der Waals surface area contributed by atoms with Crippen molar-refractivity contribution >= 4 is 28.1 Å². The molecular weight excluding hydrogens is 360 g/mol. The van der Waals surface area contributed by atoms with Crippen molar-refractivity contribution in [1.82, 2.24) is 5.43 Å². The van der Waals surface area contributed by atoms with Crippen LogP contribution in [0.25, 0.3) is 0 Å². The number of methoxy groups -OCH3 is 2. The molecule has 2 rings (SSSR count). The van der Waals surface area contributed by atoms with Gasteiger partial charge in [-0.1, -0.05) is 28.1 Å². The summed E-state index contributed by atoms with van der Waals surface area (Å²) in [6, 6.07) is 12.9. The molecule has 1 amide bonds. The van der Waals surface area contributed by atoms with Crippen molar-refractivity contribution in [2.24, 2.45) is 5.10 Å². The van der Waals surface area contributed by atoms with Crippen LogP contribution in [0.5, 0.6) is 11.5 Å². The van der Waals surface area contributed by atoms with Crippen LogP contribution in [-0.2, 0) is 11.2 Å². The van der Waals surface area contributed by atoms with Crippen molar-refractivity contribution in [1.29, 1.82) is 0 Å². The molecule has 0 atom stereocenters. The van der Waals surface area contributed by atoms with E-state index in [2.05, 4.69) is 26.5 Å². The van der Waals surface area contributed by atoms with Crippen molar-refractivity contribution in [2.45, 2.75) is 6.42 Å². The number of carbonyl (C=O) groups is 1. The van der Waals surface area contributed by atoms with E-state index >= 15 is 0 Å². The number of ether oxygens (including phenoxy) is 2. The molecule has 5 nitrogen and oxygen atoms in total. The van der Waals surface area contributed by atoms with Gasteiger partial charge in [-0.05, 0) is 29.8 Å². The number of hydrogen-bond donors (Lipinski definition) is 1. The molecule has 0 heterocycles. The van der Waals surface area contributed by atoms with Crippen LogP contribution >= 0.6 is 15.9 Å². The molecule has 0 aliphatic carbocycles. The molecule has 0 fully saturated rings. The Morgan fingerprint density at radius 3 is 2.57 bits per heavy atom. The Labute approximate surface area is 143 Å². The first kappa shape index (κ1) is 17.0. The Kier molecular flexibility index (Phi) is 6.17. The zero-order valence-electron chi connectivity index (χ0n) is 12.9. The molecule has 0 aliphatic rings. The molecule has 0 saturated carbocycles. The Balaban J connectivity index is 1.95. The summed E-state index contributed by atoms with van der Waals surface area (Å²) in [6.45, 7) is 0. The SMILES string of the molecule is COc1ccc(/C=N/NC(=O)Cc2ccc(Br)cc2)c(OC)c1. The fourth-order valence-corrected chi connectivity index (χ4v) is 2.19. The molecular formula is C17H17BrN2O3. The van der Waals surface area contributed by atoms with Crippen molar-refractivity contribution in [3.8, 4) is 11.5 Å². The van der Waals surface area contributed by atoms with Crippen LogP contribution in [-0.4, -0.2) is 26.3 Å². The standard InChI is InChI=1S/C17H17BrN2O3/c1-22-15-8-5-13(16(10-15)23-2)11-19-20-17(21)9-12-3-6-14(18)7-4-12/h3-8,10-11H,9H2,1-2H3,(H,20,21)/b19-11+. The highest BCUT2D eigenvalue weighted by molar-refractivity contribution is 9.10. The van der Waals surface area contributed by atoms with Crippen LogP contribution in [0, 0.1) is 0 Å². The summed E-state index contributed by atoms with van der Waals surface area (Å²) < 4.78 is 11.4. The molecule has 2 aromatic rings. The van der Waals surface area contributed by atoms with Gasteiger partial charge in [-0.2, -0.15) is 5.10 Å². The summed E-state index contributed by atoms with van der Waals surface area (Å²) in [6.07, 6.45) is 1.81. The maximum atomic E-state index is 11.9. The molecule has 6 heteroatoms. The highest BCUT2D eigenvalue weighted by Gasteiger charge is 2.04. The van der Waals surface area contributed by atoms with Gasteiger partial charge in [0.25, 0.3) is 0 Å². The van der Waals surface area contributed by atoms with E-state index in [1.54, 1.807) is 26.4 Å². The molecule has 0 radical (unpaired) electrons. The topological polar surface area (TPSA) is 59.9 Å². The number of benzene rings is 2. The van der Waals surface area contributed by atoms with Gasteiger partial charge in [0.1, 0.15) is 11.5 Å². The zero-order chi connectivity index (χ0) is 16.7. The van der Waals surface area contributed by atoms with Crippen LogP contribution < -0.4 is 14.9 Å². The normalized spacial score (nSPS) is 10.6. The van der Waals surface area contributed by atoms with E-state index in [0.717, 1.165) is 15.6 Å². The van der Waals surface area contributed by atoms with E-state index in [1.165, 1.54) is 6.21 Å². The van der Waals surface area contributed by atoms with Gasteiger partial charge < -0.3 is 9.47 Å². The van der Waals surface area contributed by atoms with E-state index < -0.39 is 0 Å². The Morgan fingerprint density at radius 2 is 1.91 bits per heavy atom. The van der Waals surface area contributed by atoms with Gasteiger partial charge in [0.2, 0.25) is 5.91 Å². The average Bonchev–Trinajstić information content (AvgIpc) is 2.57. The second-order valence-electron chi connectivity index (χ2n) is 4.70. The predicted octanol–water partition coefficient (Wildman–Crippen LogP) is 3.16. The van der Waals surface area contributed by atoms with Gasteiger partial charge in [0, 0.05) is 16.1 Å². The van der Waals surface area contributed by atoms with Crippen molar-refractivity contribution < 1.29 is 14.3 Å². The van der Waals surface area contributed by atoms with E-state index in [9.17, 15) is 4.79 Å². The van der Waals surface area contributed by atoms with Gasteiger partial charge in [-0.3, -0.25) is 4.79 Å². The van der Waals surface area contributed by atoms with Gasteiger partial charge in [-0.25, -0.2) is 5.43 Å². The number of amides is 1. The van der Waals surface area contributed by atoms with Crippen molar-refractivity contribution in [3.05, 3.63) is 58.1 Å². The third kappa shape index (κ3) is 5.10. The molecule has 2 aromatic carbocycles. The summed E-state index contributed by atoms with van der Waals surface area (Å²) in [5.41, 5.74) is 4.17. The monoisotopic (exact) mass is 376 g/mol. The highest BCUT2D eigenvalue weighted by atomic mass is 79.9. The minimum Gasteiger partial charge on any atom is -0.497 e. The number of hydrogen-bond acceptors (Lipinski definition) is 4. The number of nitrogens with one attached hydrogen (secondary N) is 1. The minimum atomic E-state index is -0.184. The van der Waals surface area contributed by atoms with Crippen molar-refractivity contribution in [3.63, 3.8) is 0 Å². The average molecular weight is 377 g/mol. The summed E-state index contributed by atoms with van der Waals surface area (Å²) in [5, 5.41) is 3.96. The lowest BCUT2D eigenvalue weighted by Crippen LogP contribution is -2.19. The van der Waals surface area contributed by atoms with Crippen LogP contribution in [0.1, 0.15) is 11.1 Å². The second kappa shape index (κ2) is 8.33. The Morgan fingerprint density at radius 1 is 1.17 bits per heavy atom.